The van der Waals surface area contributed by atoms with Crippen LogP contribution in [-0.4, -0.2) is 47.4 Å². The minimum Gasteiger partial charge on any atom is -0.340 e. The Bertz CT molecular complexity index is 503. The number of amides is 1. The fraction of sp³-hybridized carbons (Fsp3) is 0.650. The van der Waals surface area contributed by atoms with E-state index in [0.29, 0.717) is 6.04 Å². The Hall–Kier alpha value is -1.39. The third kappa shape index (κ3) is 5.05. The van der Waals surface area contributed by atoms with E-state index in [1.807, 2.05) is 18.7 Å². The van der Waals surface area contributed by atoms with Gasteiger partial charge in [-0.25, -0.2) is 0 Å². The van der Waals surface area contributed by atoms with Crippen LogP contribution in [-0.2, 0) is 11.3 Å². The maximum absolute atomic E-state index is 12.6. The summed E-state index contributed by atoms with van der Waals surface area (Å²) in [7, 11) is 0. The second-order valence-electron chi connectivity index (χ2n) is 7.25. The number of likely N-dealkylation sites (N-methyl/N-ethyl adjacent to an activating group) is 1. The Kier molecular flexibility index (Phi) is 7.25. The van der Waals surface area contributed by atoms with E-state index < -0.39 is 6.04 Å². The predicted molar refractivity (Wildman–Crippen MR) is 99.6 cm³/mol. The topological polar surface area (TPSA) is 49.6 Å². The van der Waals surface area contributed by atoms with E-state index in [4.69, 9.17) is 5.73 Å². The highest BCUT2D eigenvalue weighted by atomic mass is 16.2. The van der Waals surface area contributed by atoms with Crippen molar-refractivity contribution >= 4 is 5.91 Å². The molecule has 1 aliphatic rings. The summed E-state index contributed by atoms with van der Waals surface area (Å²) in [5.74, 6) is 0.274. The standard InChI is InChI=1S/C20H33N3O/c1-4-22(20(24)19(21)16(2)3)15-18-12-8-9-13-23(18)14-17-10-6-5-7-11-17/h5-7,10-11,16,18-19H,4,8-9,12-15,21H2,1-3H3. The largest absolute Gasteiger partial charge is 0.340 e. The van der Waals surface area contributed by atoms with Crippen LogP contribution in [0.2, 0.25) is 0 Å². The average molecular weight is 332 g/mol. The van der Waals surface area contributed by atoms with Crippen LogP contribution in [0.4, 0.5) is 0 Å². The van der Waals surface area contributed by atoms with Gasteiger partial charge in [0.15, 0.2) is 0 Å². The molecule has 4 nitrogen and oxygen atoms in total. The van der Waals surface area contributed by atoms with Crippen LogP contribution in [0.15, 0.2) is 30.3 Å². The number of carbonyl (C=O) groups excluding carboxylic acids is 1. The Morgan fingerprint density at radius 2 is 2.00 bits per heavy atom. The van der Waals surface area contributed by atoms with Gasteiger partial charge in [-0.2, -0.15) is 0 Å². The van der Waals surface area contributed by atoms with E-state index >= 15 is 0 Å². The Morgan fingerprint density at radius 1 is 1.29 bits per heavy atom. The molecule has 0 saturated carbocycles. The van der Waals surface area contributed by atoms with Crippen LogP contribution in [0.25, 0.3) is 0 Å². The lowest BCUT2D eigenvalue weighted by molar-refractivity contribution is -0.134. The minimum absolute atomic E-state index is 0.0951. The number of piperidine rings is 1. The number of benzene rings is 1. The van der Waals surface area contributed by atoms with Crippen molar-refractivity contribution in [2.75, 3.05) is 19.6 Å². The molecule has 0 radical (unpaired) electrons. The minimum atomic E-state index is -0.392. The van der Waals surface area contributed by atoms with Gasteiger partial charge in [-0.15, -0.1) is 0 Å². The first-order valence-electron chi connectivity index (χ1n) is 9.35. The molecule has 4 heteroatoms. The van der Waals surface area contributed by atoms with Crippen LogP contribution in [0.3, 0.4) is 0 Å². The van der Waals surface area contributed by atoms with Crippen molar-refractivity contribution in [3.63, 3.8) is 0 Å². The molecule has 0 spiro atoms. The SMILES string of the molecule is CCN(CC1CCCCN1Cc1ccccc1)C(=O)C(N)C(C)C. The molecule has 1 amide bonds. The lowest BCUT2D eigenvalue weighted by atomic mass is 9.99. The molecule has 134 valence electrons. The highest BCUT2D eigenvalue weighted by Gasteiger charge is 2.28. The number of carbonyl (C=O) groups is 1. The summed E-state index contributed by atoms with van der Waals surface area (Å²) < 4.78 is 0. The van der Waals surface area contributed by atoms with Gasteiger partial charge in [-0.1, -0.05) is 50.6 Å². The molecule has 0 aromatic heterocycles. The molecule has 2 unspecified atom stereocenters. The average Bonchev–Trinajstić information content (AvgIpc) is 2.60. The van der Waals surface area contributed by atoms with Gasteiger partial charge in [0.05, 0.1) is 6.04 Å². The molecule has 1 aromatic carbocycles. The number of nitrogens with two attached hydrogens (primary N) is 1. The monoisotopic (exact) mass is 331 g/mol. The quantitative estimate of drug-likeness (QED) is 0.836. The molecule has 0 bridgehead atoms. The highest BCUT2D eigenvalue weighted by Crippen LogP contribution is 2.21. The van der Waals surface area contributed by atoms with Crippen molar-refractivity contribution < 1.29 is 4.79 Å². The lowest BCUT2D eigenvalue weighted by Crippen LogP contribution is -2.52. The number of hydrogen-bond acceptors (Lipinski definition) is 3. The predicted octanol–water partition coefficient (Wildman–Crippen LogP) is 2.87. The van der Waals surface area contributed by atoms with Crippen LogP contribution in [0.5, 0.6) is 0 Å². The Labute approximate surface area is 147 Å². The molecule has 24 heavy (non-hydrogen) atoms. The van der Waals surface area contributed by atoms with Gasteiger partial charge in [0.1, 0.15) is 0 Å². The van der Waals surface area contributed by atoms with Crippen molar-refractivity contribution in [3.8, 4) is 0 Å². The van der Waals surface area contributed by atoms with E-state index in [0.717, 1.165) is 32.6 Å². The molecule has 1 heterocycles. The van der Waals surface area contributed by atoms with Crippen molar-refractivity contribution in [1.29, 1.82) is 0 Å². The van der Waals surface area contributed by atoms with E-state index in [1.165, 1.54) is 18.4 Å². The third-order valence-corrected chi connectivity index (χ3v) is 5.11. The first-order chi connectivity index (χ1) is 11.5. The summed E-state index contributed by atoms with van der Waals surface area (Å²) in [5, 5.41) is 0. The third-order valence-electron chi connectivity index (χ3n) is 5.11. The van der Waals surface area contributed by atoms with E-state index in [1.54, 1.807) is 0 Å². The molecule has 1 aliphatic heterocycles. The second kappa shape index (κ2) is 9.19. The van der Waals surface area contributed by atoms with Crippen molar-refractivity contribution in [3.05, 3.63) is 35.9 Å². The van der Waals surface area contributed by atoms with Crippen LogP contribution in [0, 0.1) is 5.92 Å². The van der Waals surface area contributed by atoms with Crippen LogP contribution in [0.1, 0.15) is 45.6 Å². The molecular weight excluding hydrogens is 298 g/mol. The molecule has 2 rings (SSSR count). The fourth-order valence-electron chi connectivity index (χ4n) is 3.42. The van der Waals surface area contributed by atoms with Gasteiger partial charge in [0.2, 0.25) is 5.91 Å². The van der Waals surface area contributed by atoms with Crippen molar-refractivity contribution in [1.82, 2.24) is 9.80 Å². The van der Waals surface area contributed by atoms with Crippen molar-refractivity contribution in [2.45, 2.75) is 58.7 Å². The first-order valence-corrected chi connectivity index (χ1v) is 9.35. The summed E-state index contributed by atoms with van der Waals surface area (Å²) in [4.78, 5) is 17.1. The van der Waals surface area contributed by atoms with Gasteiger partial charge < -0.3 is 10.6 Å². The molecule has 1 fully saturated rings. The lowest BCUT2D eigenvalue weighted by Gasteiger charge is -2.39. The summed E-state index contributed by atoms with van der Waals surface area (Å²) in [6, 6.07) is 10.7. The highest BCUT2D eigenvalue weighted by molar-refractivity contribution is 5.81. The zero-order valence-electron chi connectivity index (χ0n) is 15.4. The number of likely N-dealkylation sites (tertiary alicyclic amines) is 1. The maximum Gasteiger partial charge on any atom is 0.239 e. The fourth-order valence-corrected chi connectivity index (χ4v) is 3.42. The zero-order chi connectivity index (χ0) is 17.5. The van der Waals surface area contributed by atoms with E-state index in [-0.39, 0.29) is 11.8 Å². The molecule has 1 saturated heterocycles. The number of rotatable bonds is 7. The molecule has 2 N–H and O–H groups in total. The Balaban J connectivity index is 2.02. The molecule has 0 aliphatic carbocycles. The first kappa shape index (κ1) is 18.9. The summed E-state index contributed by atoms with van der Waals surface area (Å²) in [6.07, 6.45) is 3.65. The molecular formula is C20H33N3O. The maximum atomic E-state index is 12.6. The summed E-state index contributed by atoms with van der Waals surface area (Å²) >= 11 is 0. The summed E-state index contributed by atoms with van der Waals surface area (Å²) in [5.41, 5.74) is 7.44. The van der Waals surface area contributed by atoms with Crippen LogP contribution < -0.4 is 5.73 Å². The second-order valence-corrected chi connectivity index (χ2v) is 7.25. The van der Waals surface area contributed by atoms with Gasteiger partial charge >= 0.3 is 0 Å². The van der Waals surface area contributed by atoms with Gasteiger partial charge in [0.25, 0.3) is 0 Å². The summed E-state index contributed by atoms with van der Waals surface area (Å²) in [6.45, 7) is 9.68. The number of hydrogen-bond donors (Lipinski definition) is 1. The van der Waals surface area contributed by atoms with E-state index in [2.05, 4.69) is 42.2 Å². The molecule has 2 atom stereocenters. The van der Waals surface area contributed by atoms with Gasteiger partial charge in [-0.3, -0.25) is 9.69 Å². The van der Waals surface area contributed by atoms with Crippen molar-refractivity contribution in [2.24, 2.45) is 11.7 Å². The van der Waals surface area contributed by atoms with E-state index in [9.17, 15) is 4.79 Å². The molecule has 1 aromatic rings. The Morgan fingerprint density at radius 3 is 2.62 bits per heavy atom. The van der Waals surface area contributed by atoms with Crippen LogP contribution >= 0.6 is 0 Å². The van der Waals surface area contributed by atoms with Gasteiger partial charge in [0, 0.05) is 25.7 Å². The van der Waals surface area contributed by atoms with Gasteiger partial charge in [-0.05, 0) is 37.8 Å². The normalized spacial score (nSPS) is 20.1. The smallest absolute Gasteiger partial charge is 0.239 e. The zero-order valence-corrected chi connectivity index (χ0v) is 15.4. The number of nitrogens with zero attached hydrogens (tertiary/aromatic N) is 2.